The highest BCUT2D eigenvalue weighted by atomic mass is 19.4. The van der Waals surface area contributed by atoms with Crippen LogP contribution in [-0.4, -0.2) is 30.3 Å². The summed E-state index contributed by atoms with van der Waals surface area (Å²) in [6, 6.07) is 3.10. The Kier molecular flexibility index (Phi) is 5.49. The molecule has 0 aliphatic carbocycles. The molecule has 1 aliphatic rings. The van der Waals surface area contributed by atoms with Gasteiger partial charge in [0.25, 0.3) is 0 Å². The number of nitrogens with one attached hydrogen (secondary N) is 1. The van der Waals surface area contributed by atoms with Gasteiger partial charge in [-0.3, -0.25) is 0 Å². The Labute approximate surface area is 154 Å². The van der Waals surface area contributed by atoms with E-state index in [0.29, 0.717) is 12.1 Å². The van der Waals surface area contributed by atoms with Crippen LogP contribution in [0.4, 0.5) is 26.3 Å². The lowest BCUT2D eigenvalue weighted by Crippen LogP contribution is -2.38. The van der Waals surface area contributed by atoms with E-state index in [4.69, 9.17) is 0 Å². The van der Waals surface area contributed by atoms with Crippen LogP contribution in [0.1, 0.15) is 24.0 Å². The number of aliphatic carboxylic acids is 1. The highest BCUT2D eigenvalue weighted by molar-refractivity contribution is 5.99. The van der Waals surface area contributed by atoms with Gasteiger partial charge in [-0.1, -0.05) is 18.2 Å². The molecule has 2 N–H and O–H groups in total. The molecule has 0 radical (unpaired) electrons. The first-order valence-corrected chi connectivity index (χ1v) is 7.57. The summed E-state index contributed by atoms with van der Waals surface area (Å²) in [5.74, 6) is -5.14. The fourth-order valence-electron chi connectivity index (χ4n) is 2.89. The van der Waals surface area contributed by atoms with Gasteiger partial charge in [0.1, 0.15) is 5.70 Å². The molecular weight excluding hydrogens is 396 g/mol. The largest absolute Gasteiger partial charge is 0.478 e. The van der Waals surface area contributed by atoms with Crippen LogP contribution in [0.2, 0.25) is 0 Å². The zero-order chi connectivity index (χ0) is 21.4. The van der Waals surface area contributed by atoms with Gasteiger partial charge < -0.3 is 15.2 Å². The Morgan fingerprint density at radius 1 is 1.07 bits per heavy atom. The molecule has 1 aromatic rings. The molecule has 0 saturated heterocycles. The molecule has 0 fully saturated rings. The number of benzene rings is 1. The van der Waals surface area contributed by atoms with Gasteiger partial charge in [-0.05, 0) is 18.6 Å². The van der Waals surface area contributed by atoms with Gasteiger partial charge >= 0.3 is 24.3 Å². The van der Waals surface area contributed by atoms with Crippen molar-refractivity contribution in [2.45, 2.75) is 25.2 Å². The Bertz CT molecular complexity index is 882. The summed E-state index contributed by atoms with van der Waals surface area (Å²) in [6.45, 7) is 1.02. The minimum absolute atomic E-state index is 0.449. The van der Waals surface area contributed by atoms with E-state index in [0.717, 1.165) is 26.2 Å². The van der Waals surface area contributed by atoms with Crippen molar-refractivity contribution in [3.63, 3.8) is 0 Å². The Morgan fingerprint density at radius 3 is 2.14 bits per heavy atom. The molecule has 1 heterocycles. The van der Waals surface area contributed by atoms with E-state index in [-0.39, 0.29) is 0 Å². The molecule has 2 rings (SSSR count). The number of dihydropyridines is 1. The minimum Gasteiger partial charge on any atom is -0.478 e. The van der Waals surface area contributed by atoms with E-state index in [2.05, 4.69) is 4.74 Å². The average molecular weight is 409 g/mol. The van der Waals surface area contributed by atoms with Crippen molar-refractivity contribution in [1.82, 2.24) is 5.32 Å². The first-order chi connectivity index (χ1) is 12.8. The SMILES string of the molecule is COC(=O)C1=C(C(F)(F)F)NC(C)=C(C(=O)O)C1c1cccc(C(F)(F)F)c1. The highest BCUT2D eigenvalue weighted by Crippen LogP contribution is 2.44. The second-order valence-electron chi connectivity index (χ2n) is 5.80. The Hall–Kier alpha value is -2.98. The molecule has 152 valence electrons. The topological polar surface area (TPSA) is 75.6 Å². The molecule has 0 amide bonds. The molecule has 0 bridgehead atoms. The van der Waals surface area contributed by atoms with Crippen molar-refractivity contribution in [2.24, 2.45) is 0 Å². The zero-order valence-electron chi connectivity index (χ0n) is 14.3. The van der Waals surface area contributed by atoms with E-state index in [9.17, 15) is 41.0 Å². The number of alkyl halides is 6. The lowest BCUT2D eigenvalue weighted by molar-refractivity contribution is -0.138. The quantitative estimate of drug-likeness (QED) is 0.588. The lowest BCUT2D eigenvalue weighted by atomic mass is 9.79. The number of esters is 1. The monoisotopic (exact) mass is 409 g/mol. The van der Waals surface area contributed by atoms with Crippen molar-refractivity contribution in [3.8, 4) is 0 Å². The van der Waals surface area contributed by atoms with Gasteiger partial charge in [-0.2, -0.15) is 26.3 Å². The van der Waals surface area contributed by atoms with Crippen LogP contribution < -0.4 is 5.32 Å². The van der Waals surface area contributed by atoms with Crippen molar-refractivity contribution >= 4 is 11.9 Å². The van der Waals surface area contributed by atoms with Crippen LogP contribution in [0.3, 0.4) is 0 Å². The van der Waals surface area contributed by atoms with Gasteiger partial charge in [-0.15, -0.1) is 0 Å². The summed E-state index contributed by atoms with van der Waals surface area (Å²) in [6.07, 6.45) is -9.94. The highest BCUT2D eigenvalue weighted by Gasteiger charge is 2.47. The molecule has 5 nitrogen and oxygen atoms in total. The summed E-state index contributed by atoms with van der Waals surface area (Å²) in [4.78, 5) is 23.8. The number of carboxylic acid groups (broad SMARTS) is 1. The Morgan fingerprint density at radius 2 is 1.68 bits per heavy atom. The molecule has 0 aromatic heterocycles. The van der Waals surface area contributed by atoms with Crippen LogP contribution in [-0.2, 0) is 20.5 Å². The summed E-state index contributed by atoms with van der Waals surface area (Å²) >= 11 is 0. The third kappa shape index (κ3) is 3.97. The molecule has 0 saturated carbocycles. The van der Waals surface area contributed by atoms with Crippen LogP contribution in [0.15, 0.2) is 46.8 Å². The lowest BCUT2D eigenvalue weighted by Gasteiger charge is -2.31. The molecule has 28 heavy (non-hydrogen) atoms. The second kappa shape index (κ2) is 7.21. The maximum Gasteiger partial charge on any atom is 0.431 e. The number of carbonyl (C=O) groups is 2. The van der Waals surface area contributed by atoms with E-state index < -0.39 is 63.9 Å². The van der Waals surface area contributed by atoms with E-state index in [1.165, 1.54) is 0 Å². The fraction of sp³-hybridized carbons (Fsp3) is 0.294. The van der Waals surface area contributed by atoms with Gasteiger partial charge in [0.05, 0.1) is 29.7 Å². The molecule has 11 heteroatoms. The molecule has 1 atom stereocenters. The Balaban J connectivity index is 2.86. The number of halogens is 6. The number of hydrogen-bond donors (Lipinski definition) is 2. The van der Waals surface area contributed by atoms with Crippen LogP contribution >= 0.6 is 0 Å². The van der Waals surface area contributed by atoms with Crippen LogP contribution in [0, 0.1) is 0 Å². The number of allylic oxidation sites excluding steroid dienone is 2. The average Bonchev–Trinajstić information content (AvgIpc) is 2.58. The molecule has 1 aliphatic heterocycles. The molecule has 1 unspecified atom stereocenters. The van der Waals surface area contributed by atoms with Gasteiger partial charge in [0.15, 0.2) is 0 Å². The number of rotatable bonds is 3. The van der Waals surface area contributed by atoms with Crippen molar-refractivity contribution in [2.75, 3.05) is 7.11 Å². The number of carbonyl (C=O) groups excluding carboxylic acids is 1. The summed E-state index contributed by atoms with van der Waals surface area (Å²) in [5, 5.41) is 11.3. The molecule has 0 spiro atoms. The van der Waals surface area contributed by atoms with Crippen molar-refractivity contribution < 1.29 is 45.8 Å². The number of carboxylic acids is 1. The third-order valence-electron chi connectivity index (χ3n) is 4.03. The van der Waals surface area contributed by atoms with E-state index in [1.54, 1.807) is 0 Å². The van der Waals surface area contributed by atoms with Crippen LogP contribution in [0.5, 0.6) is 0 Å². The van der Waals surface area contributed by atoms with Gasteiger partial charge in [-0.25, -0.2) is 9.59 Å². The van der Waals surface area contributed by atoms with Gasteiger partial charge in [0.2, 0.25) is 0 Å². The maximum atomic E-state index is 13.5. The normalized spacial score (nSPS) is 18.1. The smallest absolute Gasteiger partial charge is 0.431 e. The minimum atomic E-state index is -5.12. The van der Waals surface area contributed by atoms with Crippen molar-refractivity contribution in [1.29, 1.82) is 0 Å². The second-order valence-corrected chi connectivity index (χ2v) is 5.80. The number of methoxy groups -OCH3 is 1. The predicted molar refractivity (Wildman–Crippen MR) is 82.8 cm³/mol. The van der Waals surface area contributed by atoms with Crippen LogP contribution in [0.25, 0.3) is 0 Å². The maximum absolute atomic E-state index is 13.5. The first-order valence-electron chi connectivity index (χ1n) is 7.57. The first kappa shape index (κ1) is 21.3. The number of hydrogen-bond acceptors (Lipinski definition) is 4. The third-order valence-corrected chi connectivity index (χ3v) is 4.03. The molecule has 1 aromatic carbocycles. The van der Waals surface area contributed by atoms with Gasteiger partial charge in [0, 0.05) is 5.70 Å². The standard InChI is InChI=1S/C17H13F6NO4/c1-7-10(14(25)26)11(8-4-3-5-9(6-8)16(18,19)20)12(15(27)28-2)13(24-7)17(21,22)23/h3-6,11,24H,1-2H3,(H,25,26). The fourth-order valence-corrected chi connectivity index (χ4v) is 2.89. The number of ether oxygens (including phenoxy) is 1. The summed E-state index contributed by atoms with van der Waals surface area (Å²) in [5.41, 5.74) is -5.55. The summed E-state index contributed by atoms with van der Waals surface area (Å²) in [7, 11) is 0.776. The van der Waals surface area contributed by atoms with E-state index in [1.807, 2.05) is 5.32 Å². The van der Waals surface area contributed by atoms with E-state index >= 15 is 0 Å². The van der Waals surface area contributed by atoms with Crippen molar-refractivity contribution in [3.05, 3.63) is 57.9 Å². The molecular formula is C17H13F6NO4. The zero-order valence-corrected chi connectivity index (χ0v) is 14.3. The predicted octanol–water partition coefficient (Wildman–Crippen LogP) is 3.74. The summed E-state index contributed by atoms with van der Waals surface area (Å²) < 4.78 is 83.9.